The van der Waals surface area contributed by atoms with E-state index in [9.17, 15) is 4.79 Å². The molecule has 1 aromatic rings. The summed E-state index contributed by atoms with van der Waals surface area (Å²) in [6.07, 6.45) is 2.19. The Bertz CT molecular complexity index is 442. The van der Waals surface area contributed by atoms with E-state index in [1.54, 1.807) is 13.2 Å². The predicted octanol–water partition coefficient (Wildman–Crippen LogP) is 1.56. The van der Waals surface area contributed by atoms with Crippen molar-refractivity contribution in [3.8, 4) is 0 Å². The van der Waals surface area contributed by atoms with E-state index in [4.69, 9.17) is 10.5 Å². The van der Waals surface area contributed by atoms with Gasteiger partial charge in [0.05, 0.1) is 18.0 Å². The van der Waals surface area contributed by atoms with E-state index in [0.29, 0.717) is 24.4 Å². The van der Waals surface area contributed by atoms with Crippen LogP contribution in [0.4, 0.5) is 11.4 Å². The summed E-state index contributed by atoms with van der Waals surface area (Å²) in [5.41, 5.74) is 8.07. The first-order valence-electron chi connectivity index (χ1n) is 6.64. The van der Waals surface area contributed by atoms with Crippen molar-refractivity contribution < 1.29 is 9.53 Å². The van der Waals surface area contributed by atoms with Crippen LogP contribution in [0.3, 0.4) is 0 Å². The molecule has 0 bridgehead atoms. The van der Waals surface area contributed by atoms with Crippen molar-refractivity contribution in [3.05, 3.63) is 23.8 Å². The fraction of sp³-hybridized carbons (Fsp3) is 0.500. The highest BCUT2D eigenvalue weighted by Gasteiger charge is 2.19. The fourth-order valence-electron chi connectivity index (χ4n) is 2.25. The first-order valence-corrected chi connectivity index (χ1v) is 6.64. The van der Waals surface area contributed by atoms with Crippen molar-refractivity contribution >= 4 is 17.3 Å². The standard InChI is InChI=1S/C14H21N3O2/c1-19-9-6-16-13-5-4-11(10-12(13)15)14(18)17-7-2-3-8-17/h4-5,10,16H,2-3,6-9,15H2,1H3. The van der Waals surface area contributed by atoms with Gasteiger partial charge in [-0.25, -0.2) is 0 Å². The molecule has 0 saturated carbocycles. The number of methoxy groups -OCH3 is 1. The molecule has 3 N–H and O–H groups in total. The van der Waals surface area contributed by atoms with Crippen molar-refractivity contribution in [3.63, 3.8) is 0 Å². The maximum Gasteiger partial charge on any atom is 0.253 e. The molecule has 1 aliphatic heterocycles. The van der Waals surface area contributed by atoms with Crippen molar-refractivity contribution in [2.24, 2.45) is 0 Å². The molecule has 1 aliphatic rings. The molecule has 0 aromatic heterocycles. The molecular weight excluding hydrogens is 242 g/mol. The summed E-state index contributed by atoms with van der Waals surface area (Å²) in [6.45, 7) is 3.02. The first-order chi connectivity index (χ1) is 9.22. The monoisotopic (exact) mass is 263 g/mol. The van der Waals surface area contributed by atoms with Gasteiger partial charge in [-0.15, -0.1) is 0 Å². The Hall–Kier alpha value is -1.75. The number of hydrogen-bond acceptors (Lipinski definition) is 4. The molecule has 1 aromatic carbocycles. The van der Waals surface area contributed by atoms with Crippen LogP contribution in [0.2, 0.25) is 0 Å². The highest BCUT2D eigenvalue weighted by molar-refractivity contribution is 5.96. The van der Waals surface area contributed by atoms with Crippen molar-refractivity contribution in [1.29, 1.82) is 0 Å². The highest BCUT2D eigenvalue weighted by atomic mass is 16.5. The normalized spacial score (nSPS) is 14.7. The Kier molecular flexibility index (Phi) is 4.63. The molecular formula is C14H21N3O2. The minimum absolute atomic E-state index is 0.0765. The third-order valence-corrected chi connectivity index (χ3v) is 3.31. The zero-order chi connectivity index (χ0) is 13.7. The Morgan fingerprint density at radius 2 is 2.16 bits per heavy atom. The van der Waals surface area contributed by atoms with Gasteiger partial charge in [0.15, 0.2) is 0 Å². The summed E-state index contributed by atoms with van der Waals surface area (Å²) in [4.78, 5) is 14.1. The third-order valence-electron chi connectivity index (χ3n) is 3.31. The van der Waals surface area contributed by atoms with Crippen LogP contribution in [0.1, 0.15) is 23.2 Å². The van der Waals surface area contributed by atoms with Gasteiger partial charge in [-0.2, -0.15) is 0 Å². The molecule has 1 heterocycles. The van der Waals surface area contributed by atoms with Crippen LogP contribution < -0.4 is 11.1 Å². The number of ether oxygens (including phenoxy) is 1. The molecule has 0 unspecified atom stereocenters. The van der Waals surface area contributed by atoms with Crippen molar-refractivity contribution in [2.75, 3.05) is 44.4 Å². The summed E-state index contributed by atoms with van der Waals surface area (Å²) in [5, 5.41) is 3.17. The van der Waals surface area contributed by atoms with Crippen LogP contribution in [0.5, 0.6) is 0 Å². The number of nitrogen functional groups attached to an aromatic ring is 1. The molecule has 0 spiro atoms. The molecule has 1 amide bonds. The molecule has 104 valence electrons. The maximum absolute atomic E-state index is 12.2. The molecule has 1 saturated heterocycles. The molecule has 19 heavy (non-hydrogen) atoms. The minimum Gasteiger partial charge on any atom is -0.397 e. The van der Waals surface area contributed by atoms with Gasteiger partial charge in [0.1, 0.15) is 0 Å². The molecule has 0 radical (unpaired) electrons. The summed E-state index contributed by atoms with van der Waals surface area (Å²) in [7, 11) is 1.66. The number of hydrogen-bond donors (Lipinski definition) is 2. The van der Waals surface area contributed by atoms with Crippen molar-refractivity contribution in [2.45, 2.75) is 12.8 Å². The summed E-state index contributed by atoms with van der Waals surface area (Å²) >= 11 is 0. The van der Waals surface area contributed by atoms with Gasteiger partial charge < -0.3 is 20.7 Å². The lowest BCUT2D eigenvalue weighted by atomic mass is 10.1. The number of amides is 1. The second-order valence-electron chi connectivity index (χ2n) is 4.72. The van der Waals surface area contributed by atoms with E-state index in [1.165, 1.54) is 0 Å². The Balaban J connectivity index is 2.03. The summed E-state index contributed by atoms with van der Waals surface area (Å²) in [6, 6.07) is 5.43. The smallest absolute Gasteiger partial charge is 0.253 e. The molecule has 1 fully saturated rings. The average Bonchev–Trinajstić information content (AvgIpc) is 2.94. The summed E-state index contributed by atoms with van der Waals surface area (Å²) < 4.78 is 4.97. The number of nitrogens with two attached hydrogens (primary N) is 1. The van der Waals surface area contributed by atoms with Gasteiger partial charge in [0.2, 0.25) is 0 Å². The topological polar surface area (TPSA) is 67.6 Å². The molecule has 0 atom stereocenters. The molecule has 0 aliphatic carbocycles. The average molecular weight is 263 g/mol. The van der Waals surface area contributed by atoms with E-state index < -0.39 is 0 Å². The Morgan fingerprint density at radius 1 is 1.42 bits per heavy atom. The second-order valence-corrected chi connectivity index (χ2v) is 4.72. The van der Waals surface area contributed by atoms with E-state index in [1.807, 2.05) is 17.0 Å². The third kappa shape index (κ3) is 3.38. The number of carbonyl (C=O) groups excluding carboxylic acids is 1. The lowest BCUT2D eigenvalue weighted by Crippen LogP contribution is -2.27. The lowest BCUT2D eigenvalue weighted by molar-refractivity contribution is 0.0793. The number of nitrogens with zero attached hydrogens (tertiary/aromatic N) is 1. The Labute approximate surface area is 113 Å². The number of carbonyl (C=O) groups is 1. The quantitative estimate of drug-likeness (QED) is 0.625. The van der Waals surface area contributed by atoms with Gasteiger partial charge >= 0.3 is 0 Å². The SMILES string of the molecule is COCCNc1ccc(C(=O)N2CCCC2)cc1N. The zero-order valence-corrected chi connectivity index (χ0v) is 11.3. The summed E-state index contributed by atoms with van der Waals surface area (Å²) in [5.74, 6) is 0.0765. The van der Waals surface area contributed by atoms with Crippen LogP contribution in [0.15, 0.2) is 18.2 Å². The fourth-order valence-corrected chi connectivity index (χ4v) is 2.25. The number of rotatable bonds is 5. The van der Waals surface area contributed by atoms with Gasteiger partial charge in [-0.1, -0.05) is 0 Å². The maximum atomic E-state index is 12.2. The van der Waals surface area contributed by atoms with E-state index in [-0.39, 0.29) is 5.91 Å². The Morgan fingerprint density at radius 3 is 2.79 bits per heavy atom. The lowest BCUT2D eigenvalue weighted by Gasteiger charge is -2.16. The second kappa shape index (κ2) is 6.43. The predicted molar refractivity (Wildman–Crippen MR) is 76.4 cm³/mol. The molecule has 5 heteroatoms. The van der Waals surface area contributed by atoms with Crippen LogP contribution in [0.25, 0.3) is 0 Å². The van der Waals surface area contributed by atoms with Gasteiger partial charge in [-0.3, -0.25) is 4.79 Å². The zero-order valence-electron chi connectivity index (χ0n) is 11.3. The number of nitrogens with one attached hydrogen (secondary N) is 1. The van der Waals surface area contributed by atoms with Crippen LogP contribution in [0, 0.1) is 0 Å². The number of anilines is 2. The van der Waals surface area contributed by atoms with Crippen LogP contribution >= 0.6 is 0 Å². The first kappa shape index (κ1) is 13.7. The number of likely N-dealkylation sites (tertiary alicyclic amines) is 1. The van der Waals surface area contributed by atoms with Crippen LogP contribution in [-0.4, -0.2) is 44.2 Å². The largest absolute Gasteiger partial charge is 0.397 e. The van der Waals surface area contributed by atoms with E-state index >= 15 is 0 Å². The van der Waals surface area contributed by atoms with Gasteiger partial charge in [0.25, 0.3) is 5.91 Å². The van der Waals surface area contributed by atoms with Crippen molar-refractivity contribution in [1.82, 2.24) is 4.90 Å². The number of benzene rings is 1. The molecule has 5 nitrogen and oxygen atoms in total. The van der Waals surface area contributed by atoms with E-state index in [0.717, 1.165) is 31.6 Å². The minimum atomic E-state index is 0.0765. The van der Waals surface area contributed by atoms with Crippen LogP contribution in [-0.2, 0) is 4.74 Å². The van der Waals surface area contributed by atoms with Gasteiger partial charge in [0, 0.05) is 32.3 Å². The van der Waals surface area contributed by atoms with E-state index in [2.05, 4.69) is 5.32 Å². The highest BCUT2D eigenvalue weighted by Crippen LogP contribution is 2.21. The molecule has 2 rings (SSSR count). The van der Waals surface area contributed by atoms with Gasteiger partial charge in [-0.05, 0) is 31.0 Å².